The molecule has 0 aromatic heterocycles. The molecule has 24 heavy (non-hydrogen) atoms. The number of sulfonamides is 1. The highest BCUT2D eigenvalue weighted by molar-refractivity contribution is 7.90. The van der Waals surface area contributed by atoms with E-state index in [-0.39, 0.29) is 16.6 Å². The Bertz CT molecular complexity index is 920. The van der Waals surface area contributed by atoms with Crippen LogP contribution in [0.1, 0.15) is 25.3 Å². The first-order chi connectivity index (χ1) is 11.5. The van der Waals surface area contributed by atoms with Crippen LogP contribution in [0.25, 0.3) is 0 Å². The van der Waals surface area contributed by atoms with Gasteiger partial charge in [-0.15, -0.1) is 4.40 Å². The first-order valence-corrected chi connectivity index (χ1v) is 9.05. The summed E-state index contributed by atoms with van der Waals surface area (Å²) in [7, 11) is -3.66. The molecule has 2 N–H and O–H groups in total. The van der Waals surface area contributed by atoms with Crippen LogP contribution in [0.2, 0.25) is 0 Å². The van der Waals surface area contributed by atoms with Crippen LogP contribution in [-0.2, 0) is 14.8 Å². The minimum Gasteiger partial charge on any atom is -0.339 e. The quantitative estimate of drug-likeness (QED) is 0.893. The summed E-state index contributed by atoms with van der Waals surface area (Å²) in [6, 6.07) is 13.7. The zero-order valence-electron chi connectivity index (χ0n) is 13.1. The number of carbonyl (C=O) groups excluding carboxylic acids is 1. The summed E-state index contributed by atoms with van der Waals surface area (Å²) >= 11 is 0. The zero-order chi connectivity index (χ0) is 17.2. The Morgan fingerprint density at radius 2 is 1.83 bits per heavy atom. The molecule has 1 amide bonds. The topological polar surface area (TPSA) is 87.6 Å². The Labute approximate surface area is 140 Å². The lowest BCUT2D eigenvalue weighted by molar-refractivity contribution is -0.116. The van der Waals surface area contributed by atoms with E-state index in [2.05, 4.69) is 15.0 Å². The van der Waals surface area contributed by atoms with Crippen LogP contribution in [0.15, 0.2) is 57.8 Å². The molecule has 0 unspecified atom stereocenters. The van der Waals surface area contributed by atoms with E-state index in [4.69, 9.17) is 0 Å². The highest BCUT2D eigenvalue weighted by Crippen LogP contribution is 2.27. The number of rotatable bonds is 4. The average Bonchev–Trinajstić information content (AvgIpc) is 2.79. The van der Waals surface area contributed by atoms with Crippen LogP contribution in [-0.4, -0.2) is 20.2 Å². The molecule has 2 aromatic rings. The summed E-state index contributed by atoms with van der Waals surface area (Å²) in [5, 5.41) is 5.82. The van der Waals surface area contributed by atoms with Gasteiger partial charge in [0.15, 0.2) is 5.84 Å². The van der Waals surface area contributed by atoms with Crippen LogP contribution in [0, 0.1) is 0 Å². The Morgan fingerprint density at radius 1 is 1.08 bits per heavy atom. The third-order valence-electron chi connectivity index (χ3n) is 3.52. The van der Waals surface area contributed by atoms with Gasteiger partial charge in [-0.2, -0.15) is 8.42 Å². The van der Waals surface area contributed by atoms with E-state index < -0.39 is 10.0 Å². The summed E-state index contributed by atoms with van der Waals surface area (Å²) in [5.41, 5.74) is 1.83. The Kier molecular flexibility index (Phi) is 4.35. The average molecular weight is 343 g/mol. The molecular weight excluding hydrogens is 326 g/mol. The van der Waals surface area contributed by atoms with Crippen molar-refractivity contribution in [3.05, 3.63) is 54.1 Å². The normalized spacial score (nSPS) is 14.6. The number of amidine groups is 1. The second-order valence-corrected chi connectivity index (χ2v) is 6.99. The molecule has 124 valence electrons. The lowest BCUT2D eigenvalue weighted by Gasteiger charge is -2.09. The second kappa shape index (κ2) is 6.45. The van der Waals surface area contributed by atoms with Crippen molar-refractivity contribution in [3.8, 4) is 0 Å². The summed E-state index contributed by atoms with van der Waals surface area (Å²) in [5.74, 6) is 0.225. The third kappa shape index (κ3) is 3.30. The van der Waals surface area contributed by atoms with E-state index in [0.717, 1.165) is 6.42 Å². The molecule has 7 heteroatoms. The van der Waals surface area contributed by atoms with E-state index in [1.165, 1.54) is 6.07 Å². The van der Waals surface area contributed by atoms with Crippen LogP contribution in [0.4, 0.5) is 11.4 Å². The van der Waals surface area contributed by atoms with Crippen LogP contribution >= 0.6 is 0 Å². The Hall–Kier alpha value is -2.67. The van der Waals surface area contributed by atoms with Gasteiger partial charge in [0.1, 0.15) is 4.90 Å². The summed E-state index contributed by atoms with van der Waals surface area (Å²) in [6.45, 7) is 1.94. The highest BCUT2D eigenvalue weighted by atomic mass is 32.2. The molecule has 2 aromatic carbocycles. The van der Waals surface area contributed by atoms with Gasteiger partial charge < -0.3 is 10.6 Å². The van der Waals surface area contributed by atoms with Gasteiger partial charge in [-0.25, -0.2) is 0 Å². The van der Waals surface area contributed by atoms with E-state index in [0.29, 0.717) is 23.4 Å². The number of anilines is 2. The van der Waals surface area contributed by atoms with E-state index in [1.807, 2.05) is 6.92 Å². The molecule has 0 saturated heterocycles. The predicted octanol–water partition coefficient (Wildman–Crippen LogP) is 2.99. The number of fused-ring (bicyclic) bond motifs is 1. The van der Waals surface area contributed by atoms with Crippen molar-refractivity contribution in [1.82, 2.24) is 0 Å². The lowest BCUT2D eigenvalue weighted by Crippen LogP contribution is -2.13. The van der Waals surface area contributed by atoms with Gasteiger partial charge in [-0.05, 0) is 36.8 Å². The molecular formula is C17H17N3O3S. The lowest BCUT2D eigenvalue weighted by atomic mass is 10.2. The summed E-state index contributed by atoms with van der Waals surface area (Å²) < 4.78 is 27.9. The van der Waals surface area contributed by atoms with Crippen molar-refractivity contribution in [2.24, 2.45) is 4.40 Å². The van der Waals surface area contributed by atoms with Gasteiger partial charge in [0.2, 0.25) is 5.91 Å². The van der Waals surface area contributed by atoms with E-state index in [1.54, 1.807) is 42.5 Å². The van der Waals surface area contributed by atoms with Crippen molar-refractivity contribution in [2.75, 3.05) is 10.6 Å². The third-order valence-corrected chi connectivity index (χ3v) is 4.85. The first-order valence-electron chi connectivity index (χ1n) is 7.61. The monoisotopic (exact) mass is 343 g/mol. The molecule has 1 heterocycles. The van der Waals surface area contributed by atoms with E-state index in [9.17, 15) is 13.2 Å². The van der Waals surface area contributed by atoms with Gasteiger partial charge in [-0.1, -0.05) is 25.1 Å². The van der Waals surface area contributed by atoms with Crippen LogP contribution in [0.5, 0.6) is 0 Å². The van der Waals surface area contributed by atoms with Crippen molar-refractivity contribution in [2.45, 2.75) is 24.7 Å². The number of amides is 1. The zero-order valence-corrected chi connectivity index (χ0v) is 13.9. The Balaban J connectivity index is 1.84. The maximum Gasteiger partial charge on any atom is 0.285 e. The molecule has 0 fully saturated rings. The highest BCUT2D eigenvalue weighted by Gasteiger charge is 2.28. The van der Waals surface area contributed by atoms with Crippen molar-refractivity contribution < 1.29 is 13.2 Å². The fourth-order valence-electron chi connectivity index (χ4n) is 2.46. The van der Waals surface area contributed by atoms with Gasteiger partial charge in [-0.3, -0.25) is 4.79 Å². The fraction of sp³-hybridized carbons (Fsp3) is 0.176. The van der Waals surface area contributed by atoms with Crippen molar-refractivity contribution in [1.29, 1.82) is 0 Å². The predicted molar refractivity (Wildman–Crippen MR) is 93.8 cm³/mol. The molecule has 0 atom stereocenters. The molecule has 1 aliphatic heterocycles. The summed E-state index contributed by atoms with van der Waals surface area (Å²) in [6.07, 6.45) is 1.23. The standard InChI is InChI=1S/C17H17N3O3S/c1-2-6-16(21)18-12-7-5-8-13(11-12)19-17-14-9-3-4-10-15(14)24(22,23)20-17/h3-5,7-11H,2,6H2,1H3,(H,18,21)(H,19,20). The largest absolute Gasteiger partial charge is 0.339 e. The molecule has 0 radical (unpaired) electrons. The maximum absolute atomic E-state index is 12.1. The Morgan fingerprint density at radius 3 is 2.62 bits per heavy atom. The number of hydrogen-bond donors (Lipinski definition) is 2. The molecule has 3 rings (SSSR count). The molecule has 0 spiro atoms. The van der Waals surface area contributed by atoms with Crippen LogP contribution < -0.4 is 10.6 Å². The number of benzene rings is 2. The number of hydrogen-bond acceptors (Lipinski definition) is 4. The number of nitrogens with one attached hydrogen (secondary N) is 2. The van der Waals surface area contributed by atoms with Crippen molar-refractivity contribution in [3.63, 3.8) is 0 Å². The second-order valence-electron chi connectivity index (χ2n) is 5.42. The molecule has 6 nitrogen and oxygen atoms in total. The molecule has 0 saturated carbocycles. The van der Waals surface area contributed by atoms with E-state index >= 15 is 0 Å². The number of carbonyl (C=O) groups is 1. The van der Waals surface area contributed by atoms with Gasteiger partial charge in [0.05, 0.1) is 0 Å². The fourth-order valence-corrected chi connectivity index (χ4v) is 3.63. The SMILES string of the molecule is CCCC(=O)Nc1cccc(NC2=NS(=O)(=O)c3ccccc32)c1. The first kappa shape index (κ1) is 16.2. The number of nitrogens with zero attached hydrogens (tertiary/aromatic N) is 1. The van der Waals surface area contributed by atoms with Crippen LogP contribution in [0.3, 0.4) is 0 Å². The smallest absolute Gasteiger partial charge is 0.285 e. The van der Waals surface area contributed by atoms with Gasteiger partial charge >= 0.3 is 0 Å². The minimum absolute atomic E-state index is 0.0548. The summed E-state index contributed by atoms with van der Waals surface area (Å²) in [4.78, 5) is 11.9. The molecule has 1 aliphatic rings. The van der Waals surface area contributed by atoms with Gasteiger partial charge in [0.25, 0.3) is 10.0 Å². The maximum atomic E-state index is 12.1. The minimum atomic E-state index is -3.66. The van der Waals surface area contributed by atoms with Crippen molar-refractivity contribution >= 4 is 33.1 Å². The molecule has 0 aliphatic carbocycles. The van der Waals surface area contributed by atoms with Gasteiger partial charge in [0, 0.05) is 23.4 Å². The molecule has 0 bridgehead atoms.